The molecule has 56 valence electrons. The Balaban J connectivity index is 2.74. The SMILES string of the molecule is COC(C)c1nnc(Br)o1. The number of nitrogens with zero attached hydrogens (tertiary/aromatic N) is 2. The predicted octanol–water partition coefficient (Wildman–Crippen LogP) is 1.54. The molecule has 0 amide bonds. The van der Waals surface area contributed by atoms with Crippen LogP contribution in [0.3, 0.4) is 0 Å². The maximum absolute atomic E-state index is 5.01. The lowest BCUT2D eigenvalue weighted by atomic mass is 10.4. The molecule has 1 aromatic rings. The summed E-state index contributed by atoms with van der Waals surface area (Å²) in [6.45, 7) is 1.83. The molecule has 1 rings (SSSR count). The van der Waals surface area contributed by atoms with Gasteiger partial charge in [-0.1, -0.05) is 0 Å². The summed E-state index contributed by atoms with van der Waals surface area (Å²) >= 11 is 3.03. The summed E-state index contributed by atoms with van der Waals surface area (Å²) in [5.41, 5.74) is 0. The molecule has 1 heterocycles. The highest BCUT2D eigenvalue weighted by atomic mass is 79.9. The van der Waals surface area contributed by atoms with Gasteiger partial charge in [0.1, 0.15) is 6.10 Å². The van der Waals surface area contributed by atoms with Gasteiger partial charge in [-0.25, -0.2) is 0 Å². The van der Waals surface area contributed by atoms with E-state index in [9.17, 15) is 0 Å². The summed E-state index contributed by atoms with van der Waals surface area (Å²) in [7, 11) is 1.59. The zero-order chi connectivity index (χ0) is 7.56. The van der Waals surface area contributed by atoms with Gasteiger partial charge in [0.2, 0.25) is 5.89 Å². The van der Waals surface area contributed by atoms with Crippen molar-refractivity contribution in [3.05, 3.63) is 10.7 Å². The van der Waals surface area contributed by atoms with Crippen LogP contribution in [0.2, 0.25) is 0 Å². The fourth-order valence-corrected chi connectivity index (χ4v) is 0.726. The molecule has 0 N–H and O–H groups in total. The molecule has 1 aromatic heterocycles. The number of rotatable bonds is 2. The summed E-state index contributed by atoms with van der Waals surface area (Å²) in [5, 5.41) is 7.30. The van der Waals surface area contributed by atoms with E-state index in [1.54, 1.807) is 7.11 Å². The maximum atomic E-state index is 5.01. The highest BCUT2D eigenvalue weighted by Gasteiger charge is 2.10. The standard InChI is InChI=1S/C5H7BrN2O2/c1-3(9-2)4-7-8-5(6)10-4/h3H,1-2H3. The third-order valence-electron chi connectivity index (χ3n) is 1.12. The Morgan fingerprint density at radius 3 is 2.70 bits per heavy atom. The molecule has 0 aliphatic heterocycles. The average molecular weight is 207 g/mol. The second kappa shape index (κ2) is 3.12. The molecule has 0 aliphatic carbocycles. The minimum atomic E-state index is -0.140. The van der Waals surface area contributed by atoms with Gasteiger partial charge >= 0.3 is 0 Å². The monoisotopic (exact) mass is 206 g/mol. The molecule has 4 nitrogen and oxygen atoms in total. The first-order valence-corrected chi connectivity index (χ1v) is 3.55. The molecule has 1 atom stereocenters. The van der Waals surface area contributed by atoms with Gasteiger partial charge in [-0.2, -0.15) is 0 Å². The number of methoxy groups -OCH3 is 1. The van der Waals surface area contributed by atoms with Gasteiger partial charge in [0.05, 0.1) is 0 Å². The van der Waals surface area contributed by atoms with Crippen molar-refractivity contribution in [3.8, 4) is 0 Å². The fourth-order valence-electron chi connectivity index (χ4n) is 0.481. The van der Waals surface area contributed by atoms with Crippen molar-refractivity contribution in [2.75, 3.05) is 7.11 Å². The van der Waals surface area contributed by atoms with Crippen LogP contribution in [0, 0.1) is 0 Å². The van der Waals surface area contributed by atoms with Gasteiger partial charge in [-0.15, -0.1) is 10.2 Å². The molecule has 10 heavy (non-hydrogen) atoms. The zero-order valence-electron chi connectivity index (χ0n) is 5.67. The van der Waals surface area contributed by atoms with E-state index in [1.165, 1.54) is 0 Å². The molecule has 0 aliphatic rings. The van der Waals surface area contributed by atoms with E-state index in [2.05, 4.69) is 26.1 Å². The number of hydrogen-bond acceptors (Lipinski definition) is 4. The summed E-state index contributed by atoms with van der Waals surface area (Å²) < 4.78 is 9.94. The first-order chi connectivity index (χ1) is 4.74. The van der Waals surface area contributed by atoms with Crippen molar-refractivity contribution in [2.24, 2.45) is 0 Å². The van der Waals surface area contributed by atoms with E-state index in [-0.39, 0.29) is 6.10 Å². The molecule has 5 heteroatoms. The third kappa shape index (κ3) is 1.54. The van der Waals surface area contributed by atoms with Crippen LogP contribution < -0.4 is 0 Å². The van der Waals surface area contributed by atoms with E-state index in [4.69, 9.17) is 9.15 Å². The van der Waals surface area contributed by atoms with E-state index in [1.807, 2.05) is 6.92 Å². The summed E-state index contributed by atoms with van der Waals surface area (Å²) in [6, 6.07) is 0. The van der Waals surface area contributed by atoms with Crippen LogP contribution in [0.25, 0.3) is 0 Å². The van der Waals surface area contributed by atoms with Gasteiger partial charge in [0.25, 0.3) is 4.80 Å². The van der Waals surface area contributed by atoms with Crippen LogP contribution >= 0.6 is 15.9 Å². The quantitative estimate of drug-likeness (QED) is 0.737. The number of hydrogen-bond donors (Lipinski definition) is 0. The lowest BCUT2D eigenvalue weighted by molar-refractivity contribution is 0.0938. The summed E-state index contributed by atoms with van der Waals surface area (Å²) in [5.74, 6) is 0.481. The second-order valence-corrected chi connectivity index (χ2v) is 2.45. The Hall–Kier alpha value is -0.420. The average Bonchev–Trinajstić information content (AvgIpc) is 2.34. The van der Waals surface area contributed by atoms with Gasteiger partial charge in [0.15, 0.2) is 0 Å². The molecule has 0 spiro atoms. The van der Waals surface area contributed by atoms with Crippen molar-refractivity contribution in [2.45, 2.75) is 13.0 Å². The van der Waals surface area contributed by atoms with Crippen LogP contribution in [-0.4, -0.2) is 17.3 Å². The number of ether oxygens (including phenoxy) is 1. The molecule has 0 bridgehead atoms. The van der Waals surface area contributed by atoms with E-state index < -0.39 is 0 Å². The van der Waals surface area contributed by atoms with E-state index >= 15 is 0 Å². The summed E-state index contributed by atoms with van der Waals surface area (Å²) in [6.07, 6.45) is -0.140. The molecular weight excluding hydrogens is 200 g/mol. The van der Waals surface area contributed by atoms with Crippen molar-refractivity contribution in [1.29, 1.82) is 0 Å². The largest absolute Gasteiger partial charge is 0.413 e. The van der Waals surface area contributed by atoms with Gasteiger partial charge in [-0.3, -0.25) is 0 Å². The van der Waals surface area contributed by atoms with E-state index in [0.29, 0.717) is 10.7 Å². The predicted molar refractivity (Wildman–Crippen MR) is 37.4 cm³/mol. The minimum absolute atomic E-state index is 0.140. The Bertz CT molecular complexity index is 213. The Morgan fingerprint density at radius 2 is 2.30 bits per heavy atom. The van der Waals surface area contributed by atoms with Crippen molar-refractivity contribution in [1.82, 2.24) is 10.2 Å². The smallest absolute Gasteiger partial charge is 0.284 e. The summed E-state index contributed by atoms with van der Waals surface area (Å²) in [4.78, 5) is 0.381. The Morgan fingerprint density at radius 1 is 1.60 bits per heavy atom. The first kappa shape index (κ1) is 7.68. The topological polar surface area (TPSA) is 48.2 Å². The van der Waals surface area contributed by atoms with Crippen LogP contribution in [0.5, 0.6) is 0 Å². The van der Waals surface area contributed by atoms with Gasteiger partial charge < -0.3 is 9.15 Å². The molecule has 0 saturated heterocycles. The first-order valence-electron chi connectivity index (χ1n) is 2.75. The lowest BCUT2D eigenvalue weighted by Gasteiger charge is -2.00. The van der Waals surface area contributed by atoms with Gasteiger partial charge in [-0.05, 0) is 6.92 Å². The molecule has 1 unspecified atom stereocenters. The molecule has 0 radical (unpaired) electrons. The molecule has 0 fully saturated rings. The third-order valence-corrected chi connectivity index (χ3v) is 1.44. The molecule has 0 aromatic carbocycles. The van der Waals surface area contributed by atoms with Gasteiger partial charge in [0, 0.05) is 23.0 Å². The highest BCUT2D eigenvalue weighted by molar-refractivity contribution is 9.10. The fraction of sp³-hybridized carbons (Fsp3) is 0.600. The van der Waals surface area contributed by atoms with Crippen LogP contribution in [0.4, 0.5) is 0 Å². The maximum Gasteiger partial charge on any atom is 0.284 e. The van der Waals surface area contributed by atoms with Crippen LogP contribution in [-0.2, 0) is 4.74 Å². The number of halogens is 1. The number of aromatic nitrogens is 2. The zero-order valence-corrected chi connectivity index (χ0v) is 7.25. The normalized spacial score (nSPS) is 13.5. The molecular formula is C5H7BrN2O2. The molecule has 0 saturated carbocycles. The van der Waals surface area contributed by atoms with Crippen molar-refractivity contribution in [3.63, 3.8) is 0 Å². The van der Waals surface area contributed by atoms with Crippen LogP contribution in [0.1, 0.15) is 18.9 Å². The minimum Gasteiger partial charge on any atom is -0.413 e. The van der Waals surface area contributed by atoms with Crippen molar-refractivity contribution >= 4 is 15.9 Å². The van der Waals surface area contributed by atoms with Crippen LogP contribution in [0.15, 0.2) is 9.22 Å². The lowest BCUT2D eigenvalue weighted by Crippen LogP contribution is -1.95. The Kier molecular flexibility index (Phi) is 2.39. The van der Waals surface area contributed by atoms with Crippen molar-refractivity contribution < 1.29 is 9.15 Å². The Labute approximate surface area is 66.7 Å². The second-order valence-electron chi connectivity index (χ2n) is 1.77. The van der Waals surface area contributed by atoms with E-state index in [0.717, 1.165) is 0 Å². The highest BCUT2D eigenvalue weighted by Crippen LogP contribution is 2.15.